The number of ether oxygens (including phenoxy) is 2. The van der Waals surface area contributed by atoms with Crippen molar-refractivity contribution in [3.63, 3.8) is 0 Å². The van der Waals surface area contributed by atoms with Gasteiger partial charge in [0.1, 0.15) is 0 Å². The molecule has 4 heteroatoms. The Morgan fingerprint density at radius 2 is 2.46 bits per heavy atom. The van der Waals surface area contributed by atoms with Gasteiger partial charge in [-0.25, -0.2) is 0 Å². The molecule has 0 aliphatic carbocycles. The first kappa shape index (κ1) is 10.5. The van der Waals surface area contributed by atoms with Crippen molar-refractivity contribution in [2.24, 2.45) is 0 Å². The molecule has 0 bridgehead atoms. The predicted molar refractivity (Wildman–Crippen MR) is 48.5 cm³/mol. The van der Waals surface area contributed by atoms with Crippen LogP contribution in [0.5, 0.6) is 0 Å². The summed E-state index contributed by atoms with van der Waals surface area (Å²) in [5, 5.41) is 3.22. The third-order valence-electron chi connectivity index (χ3n) is 2.12. The van der Waals surface area contributed by atoms with E-state index in [4.69, 9.17) is 4.74 Å². The van der Waals surface area contributed by atoms with Gasteiger partial charge in [-0.05, 0) is 19.4 Å². The van der Waals surface area contributed by atoms with Crippen LogP contribution in [0.1, 0.15) is 19.3 Å². The molecule has 1 aliphatic rings. The number of hydrogen-bond donors (Lipinski definition) is 1. The molecule has 1 heterocycles. The van der Waals surface area contributed by atoms with Crippen LogP contribution in [-0.4, -0.2) is 38.9 Å². The lowest BCUT2D eigenvalue weighted by molar-refractivity contribution is -0.141. The Labute approximate surface area is 78.6 Å². The molecule has 1 saturated heterocycles. The molecule has 0 aromatic rings. The highest BCUT2D eigenvalue weighted by Crippen LogP contribution is 2.04. The lowest BCUT2D eigenvalue weighted by Gasteiger charge is -2.09. The van der Waals surface area contributed by atoms with E-state index in [-0.39, 0.29) is 5.97 Å². The molecule has 0 amide bonds. The summed E-state index contributed by atoms with van der Waals surface area (Å²) in [4.78, 5) is 10.7. The summed E-state index contributed by atoms with van der Waals surface area (Å²) in [7, 11) is 1.41. The topological polar surface area (TPSA) is 47.6 Å². The fraction of sp³-hybridized carbons (Fsp3) is 0.889. The molecule has 1 rings (SSSR count). The minimum Gasteiger partial charge on any atom is -0.469 e. The van der Waals surface area contributed by atoms with Gasteiger partial charge in [-0.15, -0.1) is 0 Å². The first-order valence-electron chi connectivity index (χ1n) is 4.72. The van der Waals surface area contributed by atoms with E-state index >= 15 is 0 Å². The van der Waals surface area contributed by atoms with Gasteiger partial charge in [-0.3, -0.25) is 4.79 Å². The Balaban J connectivity index is 1.91. The normalized spacial score (nSPS) is 21.8. The van der Waals surface area contributed by atoms with Crippen molar-refractivity contribution in [3.8, 4) is 0 Å². The molecular weight excluding hydrogens is 170 g/mol. The maximum absolute atomic E-state index is 10.7. The quantitative estimate of drug-likeness (QED) is 0.497. The molecule has 1 aliphatic heterocycles. The second-order valence-corrected chi connectivity index (χ2v) is 3.17. The lowest BCUT2D eigenvalue weighted by atomic mass is 10.3. The molecule has 1 unspecified atom stereocenters. The monoisotopic (exact) mass is 187 g/mol. The van der Waals surface area contributed by atoms with Gasteiger partial charge in [0.15, 0.2) is 0 Å². The van der Waals surface area contributed by atoms with E-state index < -0.39 is 0 Å². The first-order valence-corrected chi connectivity index (χ1v) is 4.72. The zero-order chi connectivity index (χ0) is 9.52. The number of esters is 1. The van der Waals surface area contributed by atoms with Crippen LogP contribution in [-0.2, 0) is 14.3 Å². The second-order valence-electron chi connectivity index (χ2n) is 3.17. The van der Waals surface area contributed by atoms with Crippen LogP contribution in [0.4, 0.5) is 0 Å². The highest BCUT2D eigenvalue weighted by atomic mass is 16.5. The van der Waals surface area contributed by atoms with Crippen LogP contribution < -0.4 is 5.32 Å². The van der Waals surface area contributed by atoms with Crippen LogP contribution in [0.15, 0.2) is 0 Å². The summed E-state index contributed by atoms with van der Waals surface area (Å²) in [6, 6.07) is 0. The Morgan fingerprint density at radius 1 is 1.62 bits per heavy atom. The van der Waals surface area contributed by atoms with Crippen LogP contribution >= 0.6 is 0 Å². The van der Waals surface area contributed by atoms with Crippen LogP contribution in [0.2, 0.25) is 0 Å². The number of rotatable bonds is 5. The zero-order valence-electron chi connectivity index (χ0n) is 8.04. The first-order chi connectivity index (χ1) is 6.33. The third kappa shape index (κ3) is 4.24. The summed E-state index contributed by atoms with van der Waals surface area (Å²) >= 11 is 0. The molecule has 0 aromatic carbocycles. The van der Waals surface area contributed by atoms with Gasteiger partial charge < -0.3 is 14.8 Å². The Kier molecular flexibility index (Phi) is 4.78. The lowest BCUT2D eigenvalue weighted by Crippen LogP contribution is -2.17. The van der Waals surface area contributed by atoms with Crippen molar-refractivity contribution in [1.29, 1.82) is 0 Å². The van der Waals surface area contributed by atoms with Crippen molar-refractivity contribution in [1.82, 2.24) is 5.32 Å². The van der Waals surface area contributed by atoms with Gasteiger partial charge in [-0.2, -0.15) is 0 Å². The van der Waals surface area contributed by atoms with Crippen molar-refractivity contribution in [2.45, 2.75) is 25.4 Å². The molecule has 1 atom stereocenters. The standard InChI is InChI=1S/C9H17NO3/c1-12-9(11)3-2-6-13-8-4-5-10-7-8/h8,10H,2-7H2,1H3. The Bertz CT molecular complexity index is 155. The molecule has 1 fully saturated rings. The summed E-state index contributed by atoms with van der Waals surface area (Å²) in [5.41, 5.74) is 0. The fourth-order valence-corrected chi connectivity index (χ4v) is 1.34. The van der Waals surface area contributed by atoms with Gasteiger partial charge in [0, 0.05) is 19.6 Å². The van der Waals surface area contributed by atoms with E-state index in [1.165, 1.54) is 7.11 Å². The zero-order valence-corrected chi connectivity index (χ0v) is 8.04. The third-order valence-corrected chi connectivity index (χ3v) is 2.12. The van der Waals surface area contributed by atoms with E-state index in [9.17, 15) is 4.79 Å². The highest BCUT2D eigenvalue weighted by molar-refractivity contribution is 5.68. The average Bonchev–Trinajstić information content (AvgIpc) is 2.64. The molecule has 13 heavy (non-hydrogen) atoms. The van der Waals surface area contributed by atoms with Gasteiger partial charge in [0.05, 0.1) is 13.2 Å². The van der Waals surface area contributed by atoms with Gasteiger partial charge in [-0.1, -0.05) is 0 Å². The fourth-order valence-electron chi connectivity index (χ4n) is 1.34. The van der Waals surface area contributed by atoms with E-state index in [0.29, 0.717) is 19.1 Å². The average molecular weight is 187 g/mol. The number of methoxy groups -OCH3 is 1. The molecule has 4 nitrogen and oxygen atoms in total. The van der Waals surface area contributed by atoms with Gasteiger partial charge in [0.2, 0.25) is 0 Å². The molecular formula is C9H17NO3. The maximum Gasteiger partial charge on any atom is 0.305 e. The van der Waals surface area contributed by atoms with Crippen molar-refractivity contribution in [3.05, 3.63) is 0 Å². The van der Waals surface area contributed by atoms with Gasteiger partial charge >= 0.3 is 5.97 Å². The Hall–Kier alpha value is -0.610. The van der Waals surface area contributed by atoms with Crippen molar-refractivity contribution >= 4 is 5.97 Å². The molecule has 76 valence electrons. The van der Waals surface area contributed by atoms with E-state index in [1.807, 2.05) is 0 Å². The van der Waals surface area contributed by atoms with Crippen LogP contribution in [0.25, 0.3) is 0 Å². The van der Waals surface area contributed by atoms with E-state index in [1.54, 1.807) is 0 Å². The Morgan fingerprint density at radius 3 is 3.08 bits per heavy atom. The van der Waals surface area contributed by atoms with Crippen LogP contribution in [0.3, 0.4) is 0 Å². The molecule has 0 radical (unpaired) electrons. The number of carbonyl (C=O) groups is 1. The summed E-state index contributed by atoms with van der Waals surface area (Å²) in [5.74, 6) is -0.159. The SMILES string of the molecule is COC(=O)CCCOC1CCNC1. The highest BCUT2D eigenvalue weighted by Gasteiger charge is 2.14. The molecule has 0 spiro atoms. The van der Waals surface area contributed by atoms with E-state index in [2.05, 4.69) is 10.1 Å². The number of nitrogens with one attached hydrogen (secondary N) is 1. The minimum atomic E-state index is -0.159. The summed E-state index contributed by atoms with van der Waals surface area (Å²) < 4.78 is 10.0. The summed E-state index contributed by atoms with van der Waals surface area (Å²) in [6.45, 7) is 2.64. The largest absolute Gasteiger partial charge is 0.469 e. The summed E-state index contributed by atoms with van der Waals surface area (Å²) in [6.07, 6.45) is 2.63. The maximum atomic E-state index is 10.7. The smallest absolute Gasteiger partial charge is 0.305 e. The second kappa shape index (κ2) is 5.94. The number of carbonyl (C=O) groups excluding carboxylic acids is 1. The van der Waals surface area contributed by atoms with Crippen molar-refractivity contribution in [2.75, 3.05) is 26.8 Å². The van der Waals surface area contributed by atoms with Crippen LogP contribution in [0, 0.1) is 0 Å². The molecule has 1 N–H and O–H groups in total. The van der Waals surface area contributed by atoms with Crippen molar-refractivity contribution < 1.29 is 14.3 Å². The minimum absolute atomic E-state index is 0.159. The predicted octanol–water partition coefficient (Wildman–Crippen LogP) is 0.318. The van der Waals surface area contributed by atoms with Gasteiger partial charge in [0.25, 0.3) is 0 Å². The number of hydrogen-bond acceptors (Lipinski definition) is 4. The molecule has 0 saturated carbocycles. The van der Waals surface area contributed by atoms with E-state index in [0.717, 1.165) is 25.9 Å². The molecule has 0 aromatic heterocycles.